The highest BCUT2D eigenvalue weighted by molar-refractivity contribution is 7.89. The van der Waals surface area contributed by atoms with Gasteiger partial charge in [-0.1, -0.05) is 26.0 Å². The standard InChI is InChI=1S/C17H18NO4S/c1-12(2)13-6-10-16(11-7-13)23(20,21)18-15-8-4-14(5-9-15)17(19)22-3/h4-12H,1-3H3. The van der Waals surface area contributed by atoms with Crippen LogP contribution in [0.5, 0.6) is 0 Å². The molecule has 23 heavy (non-hydrogen) atoms. The van der Waals surface area contributed by atoms with Crippen LogP contribution >= 0.6 is 0 Å². The zero-order chi connectivity index (χ0) is 17.0. The van der Waals surface area contributed by atoms with Crippen LogP contribution in [-0.4, -0.2) is 21.5 Å². The summed E-state index contributed by atoms with van der Waals surface area (Å²) in [7, 11) is -2.50. The first kappa shape index (κ1) is 17.0. The van der Waals surface area contributed by atoms with Crippen molar-refractivity contribution in [2.75, 3.05) is 7.11 Å². The fourth-order valence-corrected chi connectivity index (χ4v) is 2.98. The van der Waals surface area contributed by atoms with E-state index >= 15 is 0 Å². The molecule has 0 aliphatic rings. The lowest BCUT2D eigenvalue weighted by Gasteiger charge is -2.08. The molecule has 0 N–H and O–H groups in total. The first-order valence-electron chi connectivity index (χ1n) is 7.10. The molecule has 121 valence electrons. The number of esters is 1. The van der Waals surface area contributed by atoms with Crippen LogP contribution in [0.1, 0.15) is 35.7 Å². The summed E-state index contributed by atoms with van der Waals surface area (Å²) in [4.78, 5) is 11.5. The van der Waals surface area contributed by atoms with Crippen molar-refractivity contribution in [2.24, 2.45) is 0 Å². The van der Waals surface area contributed by atoms with Crippen LogP contribution in [0.25, 0.3) is 0 Å². The smallest absolute Gasteiger partial charge is 0.337 e. The minimum Gasteiger partial charge on any atom is -0.465 e. The number of carbonyl (C=O) groups is 1. The molecule has 0 unspecified atom stereocenters. The number of ether oxygens (including phenoxy) is 1. The van der Waals surface area contributed by atoms with Crippen molar-refractivity contribution in [3.05, 3.63) is 59.7 Å². The molecule has 0 fully saturated rings. The summed E-state index contributed by atoms with van der Waals surface area (Å²) in [5.74, 6) is -0.154. The summed E-state index contributed by atoms with van der Waals surface area (Å²) in [6, 6.07) is 12.6. The lowest BCUT2D eigenvalue weighted by Crippen LogP contribution is -2.12. The summed E-state index contributed by atoms with van der Waals surface area (Å²) >= 11 is 0. The number of hydrogen-bond donors (Lipinski definition) is 0. The van der Waals surface area contributed by atoms with Crippen molar-refractivity contribution < 1.29 is 17.9 Å². The lowest BCUT2D eigenvalue weighted by atomic mass is 10.0. The molecule has 2 aromatic rings. The largest absolute Gasteiger partial charge is 0.465 e. The second-order valence-corrected chi connectivity index (χ2v) is 6.93. The van der Waals surface area contributed by atoms with Crippen molar-refractivity contribution in [1.29, 1.82) is 0 Å². The molecule has 0 aromatic heterocycles. The average Bonchev–Trinajstić information content (AvgIpc) is 2.54. The van der Waals surface area contributed by atoms with E-state index in [1.54, 1.807) is 24.3 Å². The van der Waals surface area contributed by atoms with Gasteiger partial charge in [0.15, 0.2) is 0 Å². The number of hydrogen-bond acceptors (Lipinski definition) is 4. The molecule has 5 nitrogen and oxygen atoms in total. The Morgan fingerprint density at radius 2 is 1.57 bits per heavy atom. The number of methoxy groups -OCH3 is 1. The summed E-state index contributed by atoms with van der Waals surface area (Å²) in [5.41, 5.74) is 1.65. The Bertz CT molecular complexity index is 778. The third-order valence-corrected chi connectivity index (χ3v) is 4.68. The molecule has 0 spiro atoms. The molecule has 0 saturated carbocycles. The van der Waals surface area contributed by atoms with Gasteiger partial charge in [-0.2, -0.15) is 13.1 Å². The molecule has 2 aromatic carbocycles. The Labute approximate surface area is 136 Å². The average molecular weight is 332 g/mol. The fraction of sp³-hybridized carbons (Fsp3) is 0.235. The number of nitrogens with zero attached hydrogens (tertiary/aromatic N) is 1. The summed E-state index contributed by atoms with van der Waals surface area (Å²) in [5, 5.41) is 0. The molecule has 0 aliphatic heterocycles. The van der Waals surface area contributed by atoms with E-state index in [2.05, 4.69) is 9.46 Å². The van der Waals surface area contributed by atoms with Gasteiger partial charge in [0.2, 0.25) is 0 Å². The van der Waals surface area contributed by atoms with Crippen LogP contribution in [0.2, 0.25) is 0 Å². The summed E-state index contributed by atoms with van der Waals surface area (Å²) in [6.45, 7) is 4.08. The second kappa shape index (κ2) is 6.83. The number of rotatable bonds is 5. The first-order valence-corrected chi connectivity index (χ1v) is 8.54. The third kappa shape index (κ3) is 4.10. The molecule has 0 bridgehead atoms. The van der Waals surface area contributed by atoms with Gasteiger partial charge in [0.1, 0.15) is 0 Å². The molecular formula is C17H18NO4S. The maximum Gasteiger partial charge on any atom is 0.337 e. The minimum absolute atomic E-state index is 0.138. The van der Waals surface area contributed by atoms with E-state index in [9.17, 15) is 13.2 Å². The predicted molar refractivity (Wildman–Crippen MR) is 87.3 cm³/mol. The molecule has 0 saturated heterocycles. The van der Waals surface area contributed by atoms with E-state index in [0.29, 0.717) is 11.5 Å². The molecule has 2 rings (SSSR count). The highest BCUT2D eigenvalue weighted by Crippen LogP contribution is 2.20. The maximum absolute atomic E-state index is 12.3. The van der Waals surface area contributed by atoms with Gasteiger partial charge in [0, 0.05) is 0 Å². The molecular weight excluding hydrogens is 314 g/mol. The van der Waals surface area contributed by atoms with Crippen LogP contribution < -0.4 is 4.72 Å². The van der Waals surface area contributed by atoms with E-state index in [0.717, 1.165) is 5.56 Å². The van der Waals surface area contributed by atoms with Crippen LogP contribution in [-0.2, 0) is 14.8 Å². The Morgan fingerprint density at radius 3 is 2.04 bits per heavy atom. The SMILES string of the molecule is COC(=O)c1ccc([N]S(=O)(=O)c2ccc(C(C)C)cc2)cc1. The van der Waals surface area contributed by atoms with Crippen molar-refractivity contribution in [3.8, 4) is 0 Å². The molecule has 0 aliphatic carbocycles. The highest BCUT2D eigenvalue weighted by Gasteiger charge is 2.17. The summed E-state index contributed by atoms with van der Waals surface area (Å²) in [6.07, 6.45) is 0. The zero-order valence-corrected chi connectivity index (χ0v) is 14.0. The Morgan fingerprint density at radius 1 is 1.00 bits per heavy atom. The Hall–Kier alpha value is -2.34. The zero-order valence-electron chi connectivity index (χ0n) is 13.2. The maximum atomic E-state index is 12.3. The van der Waals surface area contributed by atoms with Crippen LogP contribution in [0.3, 0.4) is 0 Å². The number of carbonyl (C=O) groups excluding carboxylic acids is 1. The van der Waals surface area contributed by atoms with Gasteiger partial charge in [0.05, 0.1) is 23.3 Å². The second-order valence-electron chi connectivity index (χ2n) is 5.33. The van der Waals surface area contributed by atoms with E-state index in [-0.39, 0.29) is 10.6 Å². The van der Waals surface area contributed by atoms with Crippen molar-refractivity contribution in [1.82, 2.24) is 4.72 Å². The van der Waals surface area contributed by atoms with Gasteiger partial charge >= 0.3 is 5.97 Å². The van der Waals surface area contributed by atoms with Gasteiger partial charge < -0.3 is 4.74 Å². The van der Waals surface area contributed by atoms with Crippen LogP contribution in [0.15, 0.2) is 53.4 Å². The van der Waals surface area contributed by atoms with Crippen molar-refractivity contribution >= 4 is 21.7 Å². The van der Waals surface area contributed by atoms with Crippen LogP contribution in [0.4, 0.5) is 5.69 Å². The van der Waals surface area contributed by atoms with Gasteiger partial charge in [-0.3, -0.25) is 0 Å². The molecule has 0 atom stereocenters. The Balaban J connectivity index is 2.19. The Kier molecular flexibility index (Phi) is 5.05. The third-order valence-electron chi connectivity index (χ3n) is 3.36. The van der Waals surface area contributed by atoms with Gasteiger partial charge in [0.25, 0.3) is 10.0 Å². The van der Waals surface area contributed by atoms with Gasteiger partial charge in [-0.05, 0) is 47.9 Å². The van der Waals surface area contributed by atoms with E-state index < -0.39 is 16.0 Å². The predicted octanol–water partition coefficient (Wildman–Crippen LogP) is 3.22. The normalized spacial score (nSPS) is 11.3. The monoisotopic (exact) mass is 332 g/mol. The quantitative estimate of drug-likeness (QED) is 0.788. The number of sulfonamides is 1. The van der Waals surface area contributed by atoms with Gasteiger partial charge in [-0.25, -0.2) is 4.79 Å². The van der Waals surface area contributed by atoms with Crippen molar-refractivity contribution in [3.63, 3.8) is 0 Å². The van der Waals surface area contributed by atoms with Gasteiger partial charge in [-0.15, -0.1) is 0 Å². The molecule has 0 heterocycles. The molecule has 6 heteroatoms. The first-order chi connectivity index (χ1) is 10.8. The van der Waals surface area contributed by atoms with E-state index in [1.165, 1.54) is 31.4 Å². The van der Waals surface area contributed by atoms with E-state index in [4.69, 9.17) is 0 Å². The number of benzene rings is 2. The minimum atomic E-state index is -3.79. The van der Waals surface area contributed by atoms with Crippen LogP contribution in [0, 0.1) is 0 Å². The lowest BCUT2D eigenvalue weighted by molar-refractivity contribution is 0.0601. The highest BCUT2D eigenvalue weighted by atomic mass is 32.2. The topological polar surface area (TPSA) is 74.5 Å². The molecule has 1 radical (unpaired) electrons. The van der Waals surface area contributed by atoms with Crippen molar-refractivity contribution in [2.45, 2.75) is 24.7 Å². The van der Waals surface area contributed by atoms with E-state index in [1.807, 2.05) is 13.8 Å². The summed E-state index contributed by atoms with van der Waals surface area (Å²) < 4.78 is 33.0. The fourth-order valence-electron chi connectivity index (χ4n) is 1.99. The molecule has 0 amide bonds.